The molecule has 2 aliphatic rings. The molecule has 0 saturated heterocycles. The van der Waals surface area contributed by atoms with E-state index < -0.39 is 0 Å². The molecule has 32 heavy (non-hydrogen) atoms. The highest BCUT2D eigenvalue weighted by atomic mass is 79.9. The molecule has 5 heteroatoms. The summed E-state index contributed by atoms with van der Waals surface area (Å²) < 4.78 is 4.53. The van der Waals surface area contributed by atoms with Crippen molar-refractivity contribution in [2.45, 2.75) is 88.9 Å². The van der Waals surface area contributed by atoms with E-state index in [1.807, 2.05) is 0 Å². The summed E-state index contributed by atoms with van der Waals surface area (Å²) in [4.78, 5) is 1.71. The second-order valence-corrected chi connectivity index (χ2v) is 11.9. The predicted molar refractivity (Wildman–Crippen MR) is 140 cm³/mol. The van der Waals surface area contributed by atoms with E-state index in [1.54, 1.807) is 4.90 Å². The highest BCUT2D eigenvalue weighted by molar-refractivity contribution is 9.10. The summed E-state index contributed by atoms with van der Waals surface area (Å²) in [6.07, 6.45) is 13.3. The Hall–Kier alpha value is -0.880. The molecule has 3 aromatic rings. The van der Waals surface area contributed by atoms with Gasteiger partial charge in [-0.05, 0) is 87.8 Å². The van der Waals surface area contributed by atoms with E-state index in [4.69, 9.17) is 0 Å². The van der Waals surface area contributed by atoms with Crippen molar-refractivity contribution in [1.29, 1.82) is 0 Å². The first-order valence-corrected chi connectivity index (χ1v) is 14.1. The van der Waals surface area contributed by atoms with Gasteiger partial charge in [-0.2, -0.15) is 0 Å². The number of hydrogen-bond donors (Lipinski definition) is 2. The Morgan fingerprint density at radius 3 is 1.72 bits per heavy atom. The minimum Gasteiger partial charge on any atom is -0.385 e. The van der Waals surface area contributed by atoms with Gasteiger partial charge in [0.15, 0.2) is 0 Å². The maximum atomic E-state index is 11.4. The van der Waals surface area contributed by atoms with E-state index in [2.05, 4.69) is 72.8 Å². The molecular weight excluding hydrogens is 528 g/mol. The van der Waals surface area contributed by atoms with Crippen LogP contribution in [0.1, 0.15) is 64.2 Å². The van der Waals surface area contributed by atoms with Crippen LogP contribution in [0.25, 0.3) is 21.8 Å². The fourth-order valence-corrected chi connectivity index (χ4v) is 7.13. The van der Waals surface area contributed by atoms with Crippen molar-refractivity contribution < 1.29 is 10.0 Å². The van der Waals surface area contributed by atoms with Crippen LogP contribution < -0.4 is 4.90 Å². The zero-order valence-electron chi connectivity index (χ0n) is 18.8. The Balaban J connectivity index is 1.43. The molecule has 172 valence electrons. The molecule has 2 fully saturated rings. The molecule has 0 bridgehead atoms. The summed E-state index contributed by atoms with van der Waals surface area (Å²) in [6.45, 7) is 1.54. The van der Waals surface area contributed by atoms with Crippen molar-refractivity contribution in [2.75, 3.05) is 6.54 Å². The maximum Gasteiger partial charge on any atom is 0.121 e. The third kappa shape index (κ3) is 4.82. The molecule has 5 rings (SSSR count). The van der Waals surface area contributed by atoms with Crippen LogP contribution in [0.2, 0.25) is 0 Å². The van der Waals surface area contributed by atoms with Crippen LogP contribution in [-0.4, -0.2) is 34.4 Å². The van der Waals surface area contributed by atoms with Gasteiger partial charge < -0.3 is 14.6 Å². The molecule has 0 spiro atoms. The minimum absolute atomic E-state index is 0.333. The van der Waals surface area contributed by atoms with E-state index in [0.717, 1.165) is 27.6 Å². The van der Waals surface area contributed by atoms with Crippen molar-refractivity contribution in [3.8, 4) is 0 Å². The first-order valence-electron chi connectivity index (χ1n) is 12.5. The SMILES string of the molecule is O[C@H](Cn1c2ccc(Br)cc2c2cc(Br)ccc21)C[NH+](C1CCCCC1)C1CCCCC1. The fourth-order valence-electron chi connectivity index (χ4n) is 6.41. The minimum atomic E-state index is -0.333. The average molecular weight is 563 g/mol. The van der Waals surface area contributed by atoms with Crippen LogP contribution in [0.3, 0.4) is 0 Å². The van der Waals surface area contributed by atoms with Gasteiger partial charge >= 0.3 is 0 Å². The summed E-state index contributed by atoms with van der Waals surface area (Å²) in [5.41, 5.74) is 2.41. The quantitative estimate of drug-likeness (QED) is 0.366. The third-order valence-corrected chi connectivity index (χ3v) is 8.90. The van der Waals surface area contributed by atoms with Crippen LogP contribution in [0.4, 0.5) is 0 Å². The van der Waals surface area contributed by atoms with Crippen LogP contribution >= 0.6 is 31.9 Å². The van der Waals surface area contributed by atoms with E-state index in [9.17, 15) is 5.11 Å². The van der Waals surface area contributed by atoms with E-state index >= 15 is 0 Å². The van der Waals surface area contributed by atoms with E-state index in [-0.39, 0.29) is 6.10 Å². The van der Waals surface area contributed by atoms with E-state index in [0.29, 0.717) is 6.54 Å². The van der Waals surface area contributed by atoms with Crippen LogP contribution in [0, 0.1) is 0 Å². The van der Waals surface area contributed by atoms with Crippen molar-refractivity contribution in [1.82, 2.24) is 4.57 Å². The average Bonchev–Trinajstić information content (AvgIpc) is 3.10. The zero-order chi connectivity index (χ0) is 22.1. The Morgan fingerprint density at radius 2 is 1.25 bits per heavy atom. The number of aliphatic hydroxyl groups excluding tert-OH is 1. The number of aliphatic hydroxyl groups is 1. The number of halogens is 2. The van der Waals surface area contributed by atoms with Gasteiger partial charge in [-0.3, -0.25) is 0 Å². The summed E-state index contributed by atoms with van der Waals surface area (Å²) in [5, 5.41) is 13.9. The van der Waals surface area contributed by atoms with E-state index in [1.165, 1.54) is 86.0 Å². The van der Waals surface area contributed by atoms with Crippen LogP contribution in [0.15, 0.2) is 45.3 Å². The molecule has 0 aliphatic heterocycles. The maximum absolute atomic E-state index is 11.4. The lowest BCUT2D eigenvalue weighted by Gasteiger charge is -2.39. The molecule has 2 aliphatic carbocycles. The Labute approximate surface area is 208 Å². The number of rotatable bonds is 6. The van der Waals surface area contributed by atoms with Gasteiger partial charge in [0, 0.05) is 30.8 Å². The van der Waals surface area contributed by atoms with Gasteiger partial charge in [-0.1, -0.05) is 44.7 Å². The fraction of sp³-hybridized carbons (Fsp3) is 0.556. The molecular formula is C27H35Br2N2O+. The molecule has 1 aromatic heterocycles. The Bertz CT molecular complexity index is 989. The molecule has 0 radical (unpaired) electrons. The molecule has 0 unspecified atom stereocenters. The second-order valence-electron chi connectivity index (χ2n) is 10.0. The van der Waals surface area contributed by atoms with Gasteiger partial charge in [0.2, 0.25) is 0 Å². The Kier molecular flexibility index (Phi) is 7.27. The molecule has 2 saturated carbocycles. The van der Waals surface area contributed by atoms with Gasteiger partial charge in [-0.25, -0.2) is 0 Å². The first kappa shape index (κ1) is 22.9. The summed E-state index contributed by atoms with van der Waals surface area (Å²) in [5.74, 6) is 0. The molecule has 1 atom stereocenters. The summed E-state index contributed by atoms with van der Waals surface area (Å²) in [7, 11) is 0. The number of fused-ring (bicyclic) bond motifs is 3. The number of aromatic nitrogens is 1. The lowest BCUT2D eigenvalue weighted by Crippen LogP contribution is -3.20. The van der Waals surface area contributed by atoms with Crippen molar-refractivity contribution in [3.63, 3.8) is 0 Å². The molecule has 2 N–H and O–H groups in total. The topological polar surface area (TPSA) is 29.6 Å². The number of benzene rings is 2. The summed E-state index contributed by atoms with van der Waals surface area (Å²) >= 11 is 7.29. The number of nitrogens with zero attached hydrogens (tertiary/aromatic N) is 1. The standard InChI is InChI=1S/C27H34Br2N2O/c28-19-11-13-26-24(15-19)25-16-20(29)12-14-27(25)31(26)18-23(32)17-30(21-7-3-1-4-8-21)22-9-5-2-6-10-22/h11-16,21-23,32H,1-10,17-18H2/p+1/t23-/m0/s1. The van der Waals surface area contributed by atoms with Crippen molar-refractivity contribution >= 4 is 53.7 Å². The molecule has 2 aromatic carbocycles. The zero-order valence-corrected chi connectivity index (χ0v) is 22.0. The van der Waals surface area contributed by atoms with Gasteiger partial charge in [0.05, 0.1) is 18.6 Å². The summed E-state index contributed by atoms with van der Waals surface area (Å²) in [6, 6.07) is 14.5. The number of nitrogens with one attached hydrogen (secondary N) is 1. The predicted octanol–water partition coefficient (Wildman–Crippen LogP) is 6.23. The van der Waals surface area contributed by atoms with Crippen molar-refractivity contribution in [2.24, 2.45) is 0 Å². The van der Waals surface area contributed by atoms with Gasteiger partial charge in [0.25, 0.3) is 0 Å². The largest absolute Gasteiger partial charge is 0.385 e. The van der Waals surface area contributed by atoms with Crippen LogP contribution in [0.5, 0.6) is 0 Å². The lowest BCUT2D eigenvalue weighted by molar-refractivity contribution is -0.955. The third-order valence-electron chi connectivity index (χ3n) is 7.91. The number of hydrogen-bond acceptors (Lipinski definition) is 1. The highest BCUT2D eigenvalue weighted by Gasteiger charge is 2.34. The van der Waals surface area contributed by atoms with Gasteiger partial charge in [0.1, 0.15) is 12.6 Å². The molecule has 1 heterocycles. The monoisotopic (exact) mass is 561 g/mol. The van der Waals surface area contributed by atoms with Crippen LogP contribution in [-0.2, 0) is 6.54 Å². The smallest absolute Gasteiger partial charge is 0.121 e. The number of quaternary nitrogens is 1. The lowest BCUT2D eigenvalue weighted by atomic mass is 9.88. The normalized spacial score (nSPS) is 19.9. The van der Waals surface area contributed by atoms with Crippen molar-refractivity contribution in [3.05, 3.63) is 45.3 Å². The highest BCUT2D eigenvalue weighted by Crippen LogP contribution is 2.33. The Morgan fingerprint density at radius 1 is 0.781 bits per heavy atom. The molecule has 3 nitrogen and oxygen atoms in total. The first-order chi connectivity index (χ1) is 15.6. The molecule has 0 amide bonds. The van der Waals surface area contributed by atoms with Gasteiger partial charge in [-0.15, -0.1) is 0 Å². The second kappa shape index (κ2) is 10.2.